The van der Waals surface area contributed by atoms with Crippen LogP contribution in [-0.4, -0.2) is 144 Å². The highest BCUT2D eigenvalue weighted by Crippen LogP contribution is 2.38. The number of aliphatic imine (C=N–C) groups is 1. The summed E-state index contributed by atoms with van der Waals surface area (Å²) in [4.78, 5) is 98.9. The molecule has 30 heteroatoms. The van der Waals surface area contributed by atoms with Gasteiger partial charge in [-0.3, -0.25) is 44.1 Å². The van der Waals surface area contributed by atoms with E-state index in [0.29, 0.717) is 73.9 Å². The van der Waals surface area contributed by atoms with Crippen LogP contribution in [0.2, 0.25) is 0 Å². The van der Waals surface area contributed by atoms with Crippen LogP contribution < -0.4 is 43.4 Å². The van der Waals surface area contributed by atoms with Crippen LogP contribution in [-0.2, 0) is 33.6 Å². The molecule has 0 radical (unpaired) electrons. The lowest BCUT2D eigenvalue weighted by Gasteiger charge is -2.33. The SMILES string of the molecule is CC(=O)N[C@@H](CCCN)C(=O)NC(=O)[C@H](CCCN=C(N)N)NCCCCC1CCN(CC(=O)N2c3ccccc3NC(=O)c3ccccc32)CC1.O=C(O)C(F)(F)F.O=C(O)C(F)(F)F.O=C(O)C(F)(F)F. The lowest BCUT2D eigenvalue weighted by molar-refractivity contribution is -0.193. The van der Waals surface area contributed by atoms with Crippen molar-refractivity contribution >= 4 is 70.5 Å². The number of nitrogens with two attached hydrogens (primary N) is 3. The van der Waals surface area contributed by atoms with E-state index in [1.165, 1.54) is 6.92 Å². The number of alkyl halides is 9. The Balaban J connectivity index is 0.00000106. The molecule has 2 aliphatic heterocycles. The van der Waals surface area contributed by atoms with Crippen molar-refractivity contribution in [1.29, 1.82) is 0 Å². The van der Waals surface area contributed by atoms with Crippen molar-refractivity contribution in [1.82, 2.24) is 20.9 Å². The van der Waals surface area contributed by atoms with Crippen LogP contribution in [0.5, 0.6) is 0 Å². The third-order valence-corrected chi connectivity index (χ3v) is 10.2. The monoisotopic (exact) mass is 1060 g/mol. The van der Waals surface area contributed by atoms with E-state index in [1.54, 1.807) is 17.0 Å². The molecule has 0 spiro atoms. The second-order valence-corrected chi connectivity index (χ2v) is 15.8. The second-order valence-electron chi connectivity index (χ2n) is 15.8. The molecule has 1 fully saturated rings. The minimum absolute atomic E-state index is 0.0242. The molecule has 0 aromatic heterocycles. The summed E-state index contributed by atoms with van der Waals surface area (Å²) in [6.07, 6.45) is -8.66. The van der Waals surface area contributed by atoms with Crippen LogP contribution in [0.1, 0.15) is 75.1 Å². The molecule has 2 heterocycles. The Morgan fingerprint density at radius 2 is 1.23 bits per heavy atom. The number of benzene rings is 2. The second kappa shape index (κ2) is 30.7. The van der Waals surface area contributed by atoms with Gasteiger partial charge in [-0.15, -0.1) is 0 Å². The maximum absolute atomic E-state index is 13.8. The number of amides is 5. The van der Waals surface area contributed by atoms with E-state index in [9.17, 15) is 63.5 Å². The molecule has 1 saturated heterocycles. The van der Waals surface area contributed by atoms with Gasteiger partial charge in [-0.2, -0.15) is 39.5 Å². The molecule has 13 N–H and O–H groups in total. The van der Waals surface area contributed by atoms with Gasteiger partial charge in [0.15, 0.2) is 5.96 Å². The quantitative estimate of drug-likeness (QED) is 0.0441. The third kappa shape index (κ3) is 24.7. The van der Waals surface area contributed by atoms with Crippen molar-refractivity contribution in [3.63, 3.8) is 0 Å². The number of para-hydroxylation sites is 3. The number of unbranched alkanes of at least 4 members (excludes halogenated alkanes) is 1. The minimum Gasteiger partial charge on any atom is -0.475 e. The molecular formula is C43H57F9N10O11. The number of hydrogen-bond acceptors (Lipinski definition) is 12. The van der Waals surface area contributed by atoms with Gasteiger partial charge in [0.1, 0.15) is 6.04 Å². The van der Waals surface area contributed by atoms with Crippen LogP contribution in [0, 0.1) is 5.92 Å². The fraction of sp³-hybridized carbons (Fsp3) is 0.512. The third-order valence-electron chi connectivity index (χ3n) is 10.2. The van der Waals surface area contributed by atoms with Crippen molar-refractivity contribution in [3.8, 4) is 0 Å². The van der Waals surface area contributed by atoms with E-state index in [0.717, 1.165) is 45.2 Å². The van der Waals surface area contributed by atoms with Gasteiger partial charge in [0.05, 0.1) is 35.2 Å². The Morgan fingerprint density at radius 1 is 0.740 bits per heavy atom. The van der Waals surface area contributed by atoms with Gasteiger partial charge in [-0.25, -0.2) is 14.4 Å². The number of nitrogens with one attached hydrogen (secondary N) is 4. The van der Waals surface area contributed by atoms with Gasteiger partial charge in [0.25, 0.3) is 5.91 Å². The Morgan fingerprint density at radius 3 is 1.74 bits per heavy atom. The molecular weight excluding hydrogens is 1000 g/mol. The number of imide groups is 1. The number of likely N-dealkylation sites (tertiary alicyclic amines) is 1. The van der Waals surface area contributed by atoms with Crippen molar-refractivity contribution in [3.05, 3.63) is 54.1 Å². The first kappa shape index (κ1) is 63.9. The summed E-state index contributed by atoms with van der Waals surface area (Å²) in [6, 6.07) is 13.1. The molecule has 408 valence electrons. The van der Waals surface area contributed by atoms with Crippen molar-refractivity contribution < 1.29 is 93.2 Å². The summed E-state index contributed by atoms with van der Waals surface area (Å²) in [6.45, 7) is 4.48. The van der Waals surface area contributed by atoms with E-state index in [1.807, 2.05) is 36.4 Å². The predicted molar refractivity (Wildman–Crippen MR) is 243 cm³/mol. The molecule has 0 unspecified atom stereocenters. The number of guanidine groups is 1. The standard InChI is InChI=1S/C37H54N10O5.3C2HF3O2/c1-25(48)43-30(13-8-19-38)36(52)45-35(51)29(14-9-21-42-37(39)40)41-20-7-6-10-26-17-22-46(23-18-26)24-33(49)47-31-15-4-2-11-27(31)34(50)44-28-12-3-5-16-32(28)47;3*3-2(4,5)1(6)7/h2-5,11-12,15-16,26,29-30,41H,6-10,13-14,17-24,38H2,1H3,(H,43,48)(H,44,50)(H4,39,40,42)(H,45,51,52);3*(H,6,7)/t29-,30-;;;/m0.../s1. The van der Waals surface area contributed by atoms with Gasteiger partial charge in [0, 0.05) is 13.5 Å². The normalized spacial score (nSPS) is 14.4. The first-order chi connectivity index (χ1) is 33.9. The number of anilines is 3. The van der Waals surface area contributed by atoms with Crippen LogP contribution in [0.3, 0.4) is 0 Å². The largest absolute Gasteiger partial charge is 0.490 e. The highest BCUT2D eigenvalue weighted by molar-refractivity contribution is 6.18. The lowest BCUT2D eigenvalue weighted by Crippen LogP contribution is -2.53. The summed E-state index contributed by atoms with van der Waals surface area (Å²) in [5.41, 5.74) is 18.8. The number of carbonyl (C=O) groups excluding carboxylic acids is 5. The number of carboxylic acids is 3. The zero-order valence-corrected chi connectivity index (χ0v) is 39.0. The fourth-order valence-electron chi connectivity index (χ4n) is 6.71. The Labute approximate surface area is 411 Å². The molecule has 4 rings (SSSR count). The average Bonchev–Trinajstić information content (AvgIpc) is 3.41. The highest BCUT2D eigenvalue weighted by atomic mass is 19.4. The summed E-state index contributed by atoms with van der Waals surface area (Å²) < 4.78 is 95.2. The number of hydrogen-bond donors (Lipinski definition) is 10. The molecule has 2 aromatic carbocycles. The summed E-state index contributed by atoms with van der Waals surface area (Å²) in [5, 5.41) is 32.7. The molecule has 0 saturated carbocycles. The van der Waals surface area contributed by atoms with Gasteiger partial charge >= 0.3 is 36.4 Å². The summed E-state index contributed by atoms with van der Waals surface area (Å²) >= 11 is 0. The number of nitrogens with zero attached hydrogens (tertiary/aromatic N) is 3. The molecule has 2 aromatic rings. The number of aliphatic carboxylic acids is 3. The molecule has 2 atom stereocenters. The van der Waals surface area contributed by atoms with Crippen LogP contribution >= 0.6 is 0 Å². The van der Waals surface area contributed by atoms with E-state index < -0.39 is 60.3 Å². The molecule has 73 heavy (non-hydrogen) atoms. The topological polar surface area (TPSA) is 342 Å². The Bertz CT molecular complexity index is 2150. The number of carboxylic acid groups (broad SMARTS) is 3. The van der Waals surface area contributed by atoms with E-state index in [-0.39, 0.29) is 30.2 Å². The Kier molecular flexibility index (Phi) is 26.9. The van der Waals surface area contributed by atoms with Crippen LogP contribution in [0.15, 0.2) is 53.5 Å². The van der Waals surface area contributed by atoms with Gasteiger partial charge in [-0.1, -0.05) is 37.1 Å². The molecule has 0 bridgehead atoms. The van der Waals surface area contributed by atoms with Gasteiger partial charge in [0.2, 0.25) is 23.6 Å². The van der Waals surface area contributed by atoms with E-state index in [2.05, 4.69) is 31.2 Å². The van der Waals surface area contributed by atoms with Crippen LogP contribution in [0.25, 0.3) is 0 Å². The molecule has 21 nitrogen and oxygen atoms in total. The highest BCUT2D eigenvalue weighted by Gasteiger charge is 2.40. The van der Waals surface area contributed by atoms with E-state index in [4.69, 9.17) is 46.9 Å². The van der Waals surface area contributed by atoms with Gasteiger partial charge in [-0.05, 0) is 101 Å². The van der Waals surface area contributed by atoms with Crippen molar-refractivity contribution in [2.75, 3.05) is 49.5 Å². The average molecular weight is 1060 g/mol. The number of rotatable bonds is 18. The fourth-order valence-corrected chi connectivity index (χ4v) is 6.71. The number of fused-ring (bicyclic) bond motifs is 2. The number of halogens is 9. The summed E-state index contributed by atoms with van der Waals surface area (Å²) in [7, 11) is 0. The predicted octanol–water partition coefficient (Wildman–Crippen LogP) is 3.60. The Hall–Kier alpha value is -7.08. The zero-order valence-electron chi connectivity index (χ0n) is 39.0. The smallest absolute Gasteiger partial charge is 0.475 e. The van der Waals surface area contributed by atoms with E-state index >= 15 is 0 Å². The molecule has 5 amide bonds. The zero-order chi connectivity index (χ0) is 55.7. The lowest BCUT2D eigenvalue weighted by atomic mass is 9.91. The van der Waals surface area contributed by atoms with Crippen molar-refractivity contribution in [2.45, 2.75) is 95.3 Å². The minimum atomic E-state index is -5.08. The number of piperidine rings is 1. The van der Waals surface area contributed by atoms with Gasteiger partial charge < -0.3 is 48.5 Å². The number of carbonyl (C=O) groups is 8. The molecule has 2 aliphatic rings. The summed E-state index contributed by atoms with van der Waals surface area (Å²) in [5.74, 6) is -9.48. The first-order valence-corrected chi connectivity index (χ1v) is 22.0. The maximum atomic E-state index is 13.8. The molecule has 0 aliphatic carbocycles. The van der Waals surface area contributed by atoms with Crippen molar-refractivity contribution in [2.24, 2.45) is 28.1 Å². The first-order valence-electron chi connectivity index (χ1n) is 22.0. The maximum Gasteiger partial charge on any atom is 0.490 e. The van der Waals surface area contributed by atoms with Crippen LogP contribution in [0.4, 0.5) is 56.6 Å².